The molecule has 0 heterocycles. The molecular formula is C17H19ClO. The molecule has 0 atom stereocenters. The maximum atomic E-state index is 5.88. The lowest BCUT2D eigenvalue weighted by atomic mass is 10.0. The number of rotatable bonds is 5. The molecule has 0 saturated heterocycles. The van der Waals surface area contributed by atoms with Crippen LogP contribution in [0.2, 0.25) is 5.02 Å². The Bertz CT molecular complexity index is 517. The van der Waals surface area contributed by atoms with Gasteiger partial charge in [0.25, 0.3) is 0 Å². The summed E-state index contributed by atoms with van der Waals surface area (Å²) in [6.07, 6.45) is 2.24. The molecule has 0 unspecified atom stereocenters. The molecule has 0 radical (unpaired) electrons. The molecule has 0 saturated carbocycles. The van der Waals surface area contributed by atoms with Crippen LogP contribution in [0.3, 0.4) is 0 Å². The predicted octanol–water partition coefficient (Wildman–Crippen LogP) is 4.91. The highest BCUT2D eigenvalue weighted by Crippen LogP contribution is 2.17. The second kappa shape index (κ2) is 6.63. The van der Waals surface area contributed by atoms with Crippen LogP contribution in [0.5, 0.6) is 5.75 Å². The zero-order chi connectivity index (χ0) is 13.7. The van der Waals surface area contributed by atoms with Crippen LogP contribution >= 0.6 is 11.6 Å². The number of ether oxygens (including phenoxy) is 1. The maximum Gasteiger partial charge on any atom is 0.119 e. The van der Waals surface area contributed by atoms with Crippen molar-refractivity contribution in [3.05, 3.63) is 64.7 Å². The van der Waals surface area contributed by atoms with Gasteiger partial charge in [-0.15, -0.1) is 0 Å². The molecule has 2 aromatic carbocycles. The van der Waals surface area contributed by atoms with E-state index >= 15 is 0 Å². The van der Waals surface area contributed by atoms with Crippen molar-refractivity contribution in [2.24, 2.45) is 0 Å². The van der Waals surface area contributed by atoms with E-state index in [1.807, 2.05) is 32.0 Å². The second-order valence-corrected chi connectivity index (χ2v) is 5.38. The Kier molecular flexibility index (Phi) is 4.86. The van der Waals surface area contributed by atoms with E-state index in [0.29, 0.717) is 0 Å². The molecule has 0 bridgehead atoms. The molecule has 100 valence electrons. The van der Waals surface area contributed by atoms with Gasteiger partial charge in [-0.3, -0.25) is 0 Å². The second-order valence-electron chi connectivity index (χ2n) is 4.94. The summed E-state index contributed by atoms with van der Waals surface area (Å²) in [5.74, 6) is 0.948. The van der Waals surface area contributed by atoms with Crippen LogP contribution in [0.1, 0.15) is 25.0 Å². The number of hydrogen-bond donors (Lipinski definition) is 0. The van der Waals surface area contributed by atoms with Crippen molar-refractivity contribution >= 4 is 11.6 Å². The summed E-state index contributed by atoms with van der Waals surface area (Å²) in [6, 6.07) is 16.4. The van der Waals surface area contributed by atoms with Gasteiger partial charge in [-0.2, -0.15) is 0 Å². The summed E-state index contributed by atoms with van der Waals surface area (Å²) < 4.78 is 5.71. The van der Waals surface area contributed by atoms with Gasteiger partial charge in [-0.1, -0.05) is 35.9 Å². The molecule has 0 fully saturated rings. The number of hydrogen-bond acceptors (Lipinski definition) is 1. The highest BCUT2D eigenvalue weighted by molar-refractivity contribution is 6.30. The van der Waals surface area contributed by atoms with Crippen LogP contribution in [0, 0.1) is 0 Å². The molecule has 2 rings (SSSR count). The average molecular weight is 275 g/mol. The molecule has 0 spiro atoms. The molecular weight excluding hydrogens is 256 g/mol. The van der Waals surface area contributed by atoms with E-state index in [4.69, 9.17) is 16.3 Å². The van der Waals surface area contributed by atoms with Crippen molar-refractivity contribution in [3.8, 4) is 5.75 Å². The van der Waals surface area contributed by atoms with Crippen LogP contribution in [-0.4, -0.2) is 6.10 Å². The Labute approximate surface area is 120 Å². The molecule has 19 heavy (non-hydrogen) atoms. The molecule has 0 aliphatic heterocycles. The third-order valence-corrected chi connectivity index (χ3v) is 3.14. The van der Waals surface area contributed by atoms with Crippen molar-refractivity contribution in [2.75, 3.05) is 0 Å². The van der Waals surface area contributed by atoms with Crippen LogP contribution in [0.15, 0.2) is 48.5 Å². The molecule has 0 aromatic heterocycles. The van der Waals surface area contributed by atoms with Gasteiger partial charge in [0, 0.05) is 5.02 Å². The van der Waals surface area contributed by atoms with E-state index in [-0.39, 0.29) is 6.10 Å². The van der Waals surface area contributed by atoms with E-state index in [9.17, 15) is 0 Å². The quantitative estimate of drug-likeness (QED) is 0.752. The van der Waals surface area contributed by atoms with Crippen LogP contribution < -0.4 is 4.74 Å². The molecule has 0 aliphatic rings. The molecule has 2 heteroatoms. The largest absolute Gasteiger partial charge is 0.491 e. The van der Waals surface area contributed by atoms with Gasteiger partial charge in [0.2, 0.25) is 0 Å². The van der Waals surface area contributed by atoms with Crippen molar-refractivity contribution < 1.29 is 4.74 Å². The number of halogens is 1. The summed E-state index contributed by atoms with van der Waals surface area (Å²) in [6.45, 7) is 4.08. The van der Waals surface area contributed by atoms with E-state index in [0.717, 1.165) is 23.6 Å². The van der Waals surface area contributed by atoms with Gasteiger partial charge in [0.1, 0.15) is 5.75 Å². The fourth-order valence-electron chi connectivity index (χ4n) is 1.99. The van der Waals surface area contributed by atoms with Gasteiger partial charge in [-0.05, 0) is 62.1 Å². The van der Waals surface area contributed by atoms with Crippen molar-refractivity contribution in [1.82, 2.24) is 0 Å². The van der Waals surface area contributed by atoms with Crippen molar-refractivity contribution in [2.45, 2.75) is 32.8 Å². The first-order valence-corrected chi connectivity index (χ1v) is 7.01. The zero-order valence-corrected chi connectivity index (χ0v) is 12.2. The SMILES string of the molecule is CC(C)Oc1cccc(CCc2ccc(Cl)cc2)c1. The Morgan fingerprint density at radius 3 is 2.32 bits per heavy atom. The highest BCUT2D eigenvalue weighted by atomic mass is 35.5. The van der Waals surface area contributed by atoms with Crippen LogP contribution in [0.25, 0.3) is 0 Å². The molecule has 0 N–H and O–H groups in total. The third-order valence-electron chi connectivity index (χ3n) is 2.89. The van der Waals surface area contributed by atoms with E-state index in [1.165, 1.54) is 11.1 Å². The first kappa shape index (κ1) is 14.0. The highest BCUT2D eigenvalue weighted by Gasteiger charge is 2.00. The molecule has 0 aliphatic carbocycles. The standard InChI is InChI=1S/C17H19ClO/c1-13(2)19-17-5-3-4-15(12-17)7-6-14-8-10-16(18)11-9-14/h3-5,8-13H,6-7H2,1-2H3. The minimum Gasteiger partial charge on any atom is -0.491 e. The third kappa shape index (κ3) is 4.60. The summed E-state index contributed by atoms with van der Waals surface area (Å²) in [7, 11) is 0. The molecule has 1 nitrogen and oxygen atoms in total. The normalized spacial score (nSPS) is 10.7. The van der Waals surface area contributed by atoms with Gasteiger partial charge >= 0.3 is 0 Å². The van der Waals surface area contributed by atoms with Crippen LogP contribution in [-0.2, 0) is 12.8 Å². The lowest BCUT2D eigenvalue weighted by molar-refractivity contribution is 0.242. The average Bonchev–Trinajstić information content (AvgIpc) is 2.38. The fraction of sp³-hybridized carbons (Fsp3) is 0.294. The Morgan fingerprint density at radius 2 is 1.63 bits per heavy atom. The van der Waals surface area contributed by atoms with E-state index in [1.54, 1.807) is 0 Å². The van der Waals surface area contributed by atoms with Gasteiger partial charge in [-0.25, -0.2) is 0 Å². The first-order chi connectivity index (χ1) is 9.13. The smallest absolute Gasteiger partial charge is 0.119 e. The number of aryl methyl sites for hydroxylation is 2. The summed E-state index contributed by atoms with van der Waals surface area (Å²) in [5.41, 5.74) is 2.60. The van der Waals surface area contributed by atoms with Crippen molar-refractivity contribution in [3.63, 3.8) is 0 Å². The summed E-state index contributed by atoms with van der Waals surface area (Å²) in [4.78, 5) is 0. The predicted molar refractivity (Wildman–Crippen MR) is 81.1 cm³/mol. The molecule has 2 aromatic rings. The summed E-state index contributed by atoms with van der Waals surface area (Å²) in [5, 5.41) is 0.788. The first-order valence-electron chi connectivity index (χ1n) is 6.63. The summed E-state index contributed by atoms with van der Waals surface area (Å²) >= 11 is 5.88. The Morgan fingerprint density at radius 1 is 0.947 bits per heavy atom. The lowest BCUT2D eigenvalue weighted by Crippen LogP contribution is -2.05. The molecule has 0 amide bonds. The monoisotopic (exact) mass is 274 g/mol. The zero-order valence-electron chi connectivity index (χ0n) is 11.4. The topological polar surface area (TPSA) is 9.23 Å². The minimum atomic E-state index is 0.214. The Balaban J connectivity index is 1.97. The van der Waals surface area contributed by atoms with Crippen molar-refractivity contribution in [1.29, 1.82) is 0 Å². The van der Waals surface area contributed by atoms with Crippen LogP contribution in [0.4, 0.5) is 0 Å². The Hall–Kier alpha value is -1.47. The van der Waals surface area contributed by atoms with E-state index in [2.05, 4.69) is 30.3 Å². The van der Waals surface area contributed by atoms with Gasteiger partial charge < -0.3 is 4.74 Å². The number of benzene rings is 2. The fourth-order valence-corrected chi connectivity index (χ4v) is 2.11. The van der Waals surface area contributed by atoms with Gasteiger partial charge in [0.15, 0.2) is 0 Å². The maximum absolute atomic E-state index is 5.88. The minimum absolute atomic E-state index is 0.214. The van der Waals surface area contributed by atoms with E-state index < -0.39 is 0 Å². The van der Waals surface area contributed by atoms with Gasteiger partial charge in [0.05, 0.1) is 6.10 Å². The lowest BCUT2D eigenvalue weighted by Gasteiger charge is -2.11.